The minimum Gasteiger partial charge on any atom is -0.365 e. The molecule has 3 aliphatic rings. The van der Waals surface area contributed by atoms with E-state index in [9.17, 15) is 4.21 Å². The predicted molar refractivity (Wildman–Crippen MR) is 116 cm³/mol. The molecule has 3 heterocycles. The van der Waals surface area contributed by atoms with Crippen LogP contribution in [0.1, 0.15) is 19.4 Å². The summed E-state index contributed by atoms with van der Waals surface area (Å²) in [5, 5.41) is 0. The van der Waals surface area contributed by atoms with Crippen LogP contribution in [0.3, 0.4) is 0 Å². The Balaban J connectivity index is 1.33. The van der Waals surface area contributed by atoms with Crippen molar-refractivity contribution in [2.24, 2.45) is 0 Å². The normalized spacial score (nSPS) is 34.4. The van der Waals surface area contributed by atoms with Gasteiger partial charge in [0.1, 0.15) is 24.9 Å². The fourth-order valence-corrected chi connectivity index (χ4v) is 5.39. The van der Waals surface area contributed by atoms with Crippen LogP contribution >= 0.6 is 0 Å². The van der Waals surface area contributed by atoms with Gasteiger partial charge < -0.3 is 28.4 Å². The SMILES string of the molecule is CC1(C)OC[C@]2(OC[C@H]3OC(CS(=O)c4ccccc4)O[C@H]3[C@@H]2OCc2ccccc2)O1. The zero-order chi connectivity index (χ0) is 22.2. The summed E-state index contributed by atoms with van der Waals surface area (Å²) >= 11 is 0. The summed E-state index contributed by atoms with van der Waals surface area (Å²) in [5.74, 6) is -1.65. The number of rotatable bonds is 6. The summed E-state index contributed by atoms with van der Waals surface area (Å²) in [6.45, 7) is 4.58. The number of hydrogen-bond acceptors (Lipinski definition) is 7. The van der Waals surface area contributed by atoms with Crippen molar-refractivity contribution >= 4 is 10.8 Å². The summed E-state index contributed by atoms with van der Waals surface area (Å²) in [4.78, 5) is 0.744. The minimum atomic E-state index is -1.24. The van der Waals surface area contributed by atoms with E-state index in [1.807, 2.05) is 74.5 Å². The molecule has 0 amide bonds. The molecule has 5 rings (SSSR count). The van der Waals surface area contributed by atoms with Crippen LogP contribution < -0.4 is 0 Å². The van der Waals surface area contributed by atoms with Crippen LogP contribution in [0.5, 0.6) is 0 Å². The molecule has 172 valence electrons. The summed E-state index contributed by atoms with van der Waals surface area (Å²) in [7, 11) is -1.24. The lowest BCUT2D eigenvalue weighted by molar-refractivity contribution is -0.335. The van der Waals surface area contributed by atoms with Gasteiger partial charge in [0.05, 0.1) is 29.8 Å². The van der Waals surface area contributed by atoms with E-state index in [0.717, 1.165) is 10.5 Å². The lowest BCUT2D eigenvalue weighted by Gasteiger charge is -2.43. The van der Waals surface area contributed by atoms with Gasteiger partial charge in [0.15, 0.2) is 12.1 Å². The van der Waals surface area contributed by atoms with E-state index in [4.69, 9.17) is 28.4 Å². The highest BCUT2D eigenvalue weighted by Crippen LogP contribution is 2.43. The largest absolute Gasteiger partial charge is 0.365 e. The van der Waals surface area contributed by atoms with Crippen LogP contribution in [-0.4, -0.2) is 59.4 Å². The van der Waals surface area contributed by atoms with Gasteiger partial charge in [0.2, 0.25) is 5.79 Å². The van der Waals surface area contributed by atoms with Crippen molar-refractivity contribution in [2.45, 2.75) is 61.5 Å². The molecule has 2 aromatic rings. The van der Waals surface area contributed by atoms with Gasteiger partial charge in [-0.05, 0) is 31.5 Å². The Morgan fingerprint density at radius 3 is 2.41 bits per heavy atom. The quantitative estimate of drug-likeness (QED) is 0.656. The maximum Gasteiger partial charge on any atom is 0.224 e. The topological polar surface area (TPSA) is 72.5 Å². The Hall–Kier alpha value is -1.65. The Kier molecular flexibility index (Phi) is 6.19. The third-order valence-electron chi connectivity index (χ3n) is 5.83. The first-order chi connectivity index (χ1) is 15.4. The first-order valence-electron chi connectivity index (χ1n) is 10.8. The van der Waals surface area contributed by atoms with Gasteiger partial charge in [0.25, 0.3) is 0 Å². The third kappa shape index (κ3) is 4.54. The highest BCUT2D eigenvalue weighted by molar-refractivity contribution is 7.85. The van der Waals surface area contributed by atoms with Crippen molar-refractivity contribution in [3.8, 4) is 0 Å². The van der Waals surface area contributed by atoms with Gasteiger partial charge in [-0.15, -0.1) is 0 Å². The lowest BCUT2D eigenvalue weighted by atomic mass is 9.97. The second kappa shape index (κ2) is 8.95. The number of hydrogen-bond donors (Lipinski definition) is 0. The lowest BCUT2D eigenvalue weighted by Crippen LogP contribution is -2.62. The molecule has 2 aromatic carbocycles. The molecule has 0 aromatic heterocycles. The van der Waals surface area contributed by atoms with Crippen LogP contribution in [-0.2, 0) is 45.8 Å². The van der Waals surface area contributed by atoms with E-state index >= 15 is 0 Å². The van der Waals surface area contributed by atoms with Crippen LogP contribution in [0, 0.1) is 0 Å². The standard InChI is InChI=1S/C24H28O7S/c1-23(2)28-16-24(31-23)22(26-13-17-9-5-3-6-10-17)21-19(14-27-24)29-20(30-21)15-32(25)18-11-7-4-8-12-18/h3-12,19-22H,13-16H2,1-2H3/t19-,20?,21-,22+,24+,32?/m1/s1. The molecule has 6 atom stereocenters. The van der Waals surface area contributed by atoms with Gasteiger partial charge in [-0.3, -0.25) is 4.21 Å². The van der Waals surface area contributed by atoms with Crippen molar-refractivity contribution in [1.82, 2.24) is 0 Å². The Morgan fingerprint density at radius 2 is 1.72 bits per heavy atom. The zero-order valence-corrected chi connectivity index (χ0v) is 19.0. The van der Waals surface area contributed by atoms with E-state index in [1.54, 1.807) is 0 Å². The molecule has 32 heavy (non-hydrogen) atoms. The predicted octanol–water partition coefficient (Wildman–Crippen LogP) is 3.00. The number of benzene rings is 2. The average molecular weight is 461 g/mol. The van der Waals surface area contributed by atoms with Gasteiger partial charge in [-0.2, -0.15) is 0 Å². The van der Waals surface area contributed by atoms with Gasteiger partial charge >= 0.3 is 0 Å². The first-order valence-corrected chi connectivity index (χ1v) is 12.1. The molecule has 2 unspecified atom stereocenters. The molecule has 0 bridgehead atoms. The van der Waals surface area contributed by atoms with E-state index in [-0.39, 0.29) is 25.1 Å². The molecule has 0 N–H and O–H groups in total. The third-order valence-corrected chi connectivity index (χ3v) is 7.20. The summed E-state index contributed by atoms with van der Waals surface area (Å²) < 4.78 is 49.7. The molecule has 1 spiro atoms. The molecule has 0 radical (unpaired) electrons. The second-order valence-corrected chi connectivity index (χ2v) is 10.2. The van der Waals surface area contributed by atoms with Crippen molar-refractivity contribution in [2.75, 3.05) is 19.0 Å². The molecular weight excluding hydrogens is 432 g/mol. The minimum absolute atomic E-state index is 0.229. The van der Waals surface area contributed by atoms with Crippen LogP contribution in [0.2, 0.25) is 0 Å². The van der Waals surface area contributed by atoms with Crippen molar-refractivity contribution < 1.29 is 32.6 Å². The highest BCUT2D eigenvalue weighted by atomic mass is 32.2. The zero-order valence-electron chi connectivity index (χ0n) is 18.2. The van der Waals surface area contributed by atoms with E-state index in [0.29, 0.717) is 6.61 Å². The molecule has 7 nitrogen and oxygen atoms in total. The van der Waals surface area contributed by atoms with Crippen LogP contribution in [0.15, 0.2) is 65.6 Å². The van der Waals surface area contributed by atoms with Gasteiger partial charge in [-0.25, -0.2) is 0 Å². The first kappa shape index (κ1) is 22.2. The molecule has 3 fully saturated rings. The Morgan fingerprint density at radius 1 is 1.00 bits per heavy atom. The highest BCUT2D eigenvalue weighted by Gasteiger charge is 2.62. The van der Waals surface area contributed by atoms with E-state index in [2.05, 4.69) is 0 Å². The molecule has 8 heteroatoms. The maximum atomic E-state index is 12.8. The molecule has 3 saturated heterocycles. The van der Waals surface area contributed by atoms with Crippen molar-refractivity contribution in [1.29, 1.82) is 0 Å². The summed E-state index contributed by atoms with van der Waals surface area (Å²) in [5.41, 5.74) is 1.03. The van der Waals surface area contributed by atoms with Gasteiger partial charge in [-0.1, -0.05) is 48.5 Å². The van der Waals surface area contributed by atoms with Crippen molar-refractivity contribution in [3.05, 3.63) is 66.2 Å². The number of fused-ring (bicyclic) bond motifs is 1. The summed E-state index contributed by atoms with van der Waals surface area (Å²) in [6, 6.07) is 19.2. The Bertz CT molecular complexity index is 938. The molecule has 0 saturated carbocycles. The summed E-state index contributed by atoms with van der Waals surface area (Å²) in [6.07, 6.45) is -1.96. The average Bonchev–Trinajstić information content (AvgIpc) is 3.34. The molecule has 0 aliphatic carbocycles. The van der Waals surface area contributed by atoms with Gasteiger partial charge in [0, 0.05) is 4.90 Å². The fraction of sp³-hybridized carbons (Fsp3) is 0.500. The Labute approximate surface area is 190 Å². The fourth-order valence-electron chi connectivity index (χ4n) is 4.34. The maximum absolute atomic E-state index is 12.8. The number of ether oxygens (including phenoxy) is 6. The smallest absolute Gasteiger partial charge is 0.224 e. The van der Waals surface area contributed by atoms with Crippen molar-refractivity contribution in [3.63, 3.8) is 0 Å². The second-order valence-electron chi connectivity index (χ2n) is 8.66. The molecular formula is C24H28O7S. The van der Waals surface area contributed by atoms with Crippen LogP contribution in [0.4, 0.5) is 0 Å². The van der Waals surface area contributed by atoms with E-state index < -0.39 is 40.9 Å². The monoisotopic (exact) mass is 460 g/mol. The van der Waals surface area contributed by atoms with E-state index in [1.165, 1.54) is 0 Å². The van der Waals surface area contributed by atoms with Crippen LogP contribution in [0.25, 0.3) is 0 Å². The molecule has 3 aliphatic heterocycles.